The van der Waals surface area contributed by atoms with E-state index in [1.54, 1.807) is 24.3 Å². The standard InChI is InChI=1S/C15H13FN2O4S/c16-10-5-7-11(8-6-10)23(20,21)18-9-14(15(17)19)22-13-4-2-1-3-12(13)18/h1-8,14H,9H2,(H2,17,19)/t14-/m1/s1. The normalized spacial score (nSPS) is 17.3. The Balaban J connectivity index is 2.10. The van der Waals surface area contributed by atoms with Crippen LogP contribution in [0, 0.1) is 5.82 Å². The van der Waals surface area contributed by atoms with Crippen molar-refractivity contribution < 1.29 is 22.3 Å². The Morgan fingerprint density at radius 1 is 1.17 bits per heavy atom. The van der Waals surface area contributed by atoms with Crippen molar-refractivity contribution in [3.63, 3.8) is 0 Å². The molecule has 1 aliphatic rings. The van der Waals surface area contributed by atoms with Crippen molar-refractivity contribution >= 4 is 21.6 Å². The van der Waals surface area contributed by atoms with Gasteiger partial charge < -0.3 is 10.5 Å². The van der Waals surface area contributed by atoms with E-state index in [2.05, 4.69) is 0 Å². The third-order valence-corrected chi connectivity index (χ3v) is 5.25. The number of fused-ring (bicyclic) bond motifs is 1. The van der Waals surface area contributed by atoms with Gasteiger partial charge in [0.25, 0.3) is 15.9 Å². The van der Waals surface area contributed by atoms with Crippen molar-refractivity contribution in [3.05, 3.63) is 54.3 Å². The summed E-state index contributed by atoms with van der Waals surface area (Å²) in [6.45, 7) is -0.244. The van der Waals surface area contributed by atoms with E-state index in [0.717, 1.165) is 16.4 Å². The molecule has 2 N–H and O–H groups in total. The smallest absolute Gasteiger partial charge is 0.264 e. The molecule has 0 aromatic heterocycles. The maximum Gasteiger partial charge on any atom is 0.264 e. The fourth-order valence-electron chi connectivity index (χ4n) is 2.31. The number of anilines is 1. The number of nitrogens with zero attached hydrogens (tertiary/aromatic N) is 1. The zero-order valence-electron chi connectivity index (χ0n) is 11.8. The van der Waals surface area contributed by atoms with Crippen LogP contribution in [0.5, 0.6) is 5.75 Å². The third-order valence-electron chi connectivity index (χ3n) is 3.45. The number of carbonyl (C=O) groups excluding carboxylic acids is 1. The maximum atomic E-state index is 13.0. The second-order valence-corrected chi connectivity index (χ2v) is 6.83. The summed E-state index contributed by atoms with van der Waals surface area (Å²) in [5.41, 5.74) is 5.55. The maximum absolute atomic E-state index is 13.0. The number of amides is 1. The number of ether oxygens (including phenoxy) is 1. The molecule has 23 heavy (non-hydrogen) atoms. The molecule has 3 rings (SSSR count). The van der Waals surface area contributed by atoms with E-state index < -0.39 is 27.9 Å². The summed E-state index contributed by atoms with van der Waals surface area (Å²) in [5.74, 6) is -1.06. The van der Waals surface area contributed by atoms with Gasteiger partial charge in [0.15, 0.2) is 6.10 Å². The van der Waals surface area contributed by atoms with Crippen LogP contribution in [0.3, 0.4) is 0 Å². The minimum atomic E-state index is -3.98. The van der Waals surface area contributed by atoms with Gasteiger partial charge in [0, 0.05) is 0 Å². The predicted molar refractivity (Wildman–Crippen MR) is 81.0 cm³/mol. The summed E-state index contributed by atoms with van der Waals surface area (Å²) >= 11 is 0. The zero-order valence-corrected chi connectivity index (χ0v) is 12.7. The number of sulfonamides is 1. The van der Waals surface area contributed by atoms with E-state index in [4.69, 9.17) is 10.5 Å². The van der Waals surface area contributed by atoms with E-state index in [1.165, 1.54) is 12.1 Å². The Hall–Kier alpha value is -2.61. The average molecular weight is 336 g/mol. The molecule has 1 aliphatic heterocycles. The molecule has 0 spiro atoms. The van der Waals surface area contributed by atoms with Crippen molar-refractivity contribution in [1.29, 1.82) is 0 Å². The summed E-state index contributed by atoms with van der Waals surface area (Å²) in [6.07, 6.45) is -1.10. The van der Waals surface area contributed by atoms with E-state index in [0.29, 0.717) is 5.69 Å². The lowest BCUT2D eigenvalue weighted by Crippen LogP contribution is -2.49. The first-order valence-electron chi connectivity index (χ1n) is 6.73. The van der Waals surface area contributed by atoms with Gasteiger partial charge in [-0.15, -0.1) is 0 Å². The highest BCUT2D eigenvalue weighted by Crippen LogP contribution is 2.36. The van der Waals surface area contributed by atoms with Crippen LogP contribution in [-0.4, -0.2) is 27.0 Å². The Morgan fingerprint density at radius 2 is 1.83 bits per heavy atom. The van der Waals surface area contributed by atoms with Gasteiger partial charge in [-0.25, -0.2) is 12.8 Å². The second-order valence-electron chi connectivity index (χ2n) is 4.97. The monoisotopic (exact) mass is 336 g/mol. The quantitative estimate of drug-likeness (QED) is 0.914. The fraction of sp³-hybridized carbons (Fsp3) is 0.133. The van der Waals surface area contributed by atoms with Crippen LogP contribution >= 0.6 is 0 Å². The highest BCUT2D eigenvalue weighted by molar-refractivity contribution is 7.92. The van der Waals surface area contributed by atoms with Gasteiger partial charge in [0.2, 0.25) is 0 Å². The molecule has 6 nitrogen and oxygen atoms in total. The lowest BCUT2D eigenvalue weighted by molar-refractivity contribution is -0.124. The fourth-order valence-corrected chi connectivity index (χ4v) is 3.79. The van der Waals surface area contributed by atoms with Gasteiger partial charge in [-0.1, -0.05) is 12.1 Å². The first-order valence-corrected chi connectivity index (χ1v) is 8.17. The van der Waals surface area contributed by atoms with Crippen LogP contribution < -0.4 is 14.8 Å². The van der Waals surface area contributed by atoms with Crippen LogP contribution in [0.15, 0.2) is 53.4 Å². The van der Waals surface area contributed by atoms with Gasteiger partial charge in [-0.3, -0.25) is 9.10 Å². The van der Waals surface area contributed by atoms with Crippen LogP contribution in [0.4, 0.5) is 10.1 Å². The summed E-state index contributed by atoms with van der Waals surface area (Å²) in [4.78, 5) is 11.4. The van der Waals surface area contributed by atoms with E-state index >= 15 is 0 Å². The molecule has 120 valence electrons. The van der Waals surface area contributed by atoms with E-state index in [9.17, 15) is 17.6 Å². The summed E-state index contributed by atoms with van der Waals surface area (Å²) in [5, 5.41) is 0. The van der Waals surface area contributed by atoms with Crippen LogP contribution in [-0.2, 0) is 14.8 Å². The number of nitrogens with two attached hydrogens (primary N) is 1. The molecule has 1 atom stereocenters. The van der Waals surface area contributed by atoms with E-state index in [1.807, 2.05) is 0 Å². The van der Waals surface area contributed by atoms with Crippen molar-refractivity contribution in [3.8, 4) is 5.75 Å². The third kappa shape index (κ3) is 2.72. The lowest BCUT2D eigenvalue weighted by Gasteiger charge is -2.34. The van der Waals surface area contributed by atoms with Gasteiger partial charge in [0.05, 0.1) is 17.1 Å². The molecule has 2 aromatic rings. The number of primary amides is 1. The first-order chi connectivity index (χ1) is 10.9. The van der Waals surface area contributed by atoms with Crippen molar-refractivity contribution in [2.75, 3.05) is 10.8 Å². The SMILES string of the molecule is NC(=O)[C@H]1CN(S(=O)(=O)c2ccc(F)cc2)c2ccccc2O1. The highest BCUT2D eigenvalue weighted by atomic mass is 32.2. The topological polar surface area (TPSA) is 89.7 Å². The molecule has 0 saturated heterocycles. The molecule has 0 aliphatic carbocycles. The van der Waals surface area contributed by atoms with Crippen molar-refractivity contribution in [1.82, 2.24) is 0 Å². The van der Waals surface area contributed by atoms with Gasteiger partial charge in [0.1, 0.15) is 11.6 Å². The van der Waals surface area contributed by atoms with Gasteiger partial charge >= 0.3 is 0 Å². The van der Waals surface area contributed by atoms with Gasteiger partial charge in [-0.05, 0) is 36.4 Å². The Labute approximate surface area is 132 Å². The molecule has 0 fully saturated rings. The molecular weight excluding hydrogens is 323 g/mol. The van der Waals surface area contributed by atoms with E-state index in [-0.39, 0.29) is 17.2 Å². The molecular formula is C15H13FN2O4S. The van der Waals surface area contributed by atoms with Gasteiger partial charge in [-0.2, -0.15) is 0 Å². The number of halogens is 1. The number of rotatable bonds is 3. The predicted octanol–water partition coefficient (Wildman–Crippen LogP) is 1.27. The number of para-hydroxylation sites is 2. The number of benzene rings is 2. The zero-order chi connectivity index (χ0) is 16.6. The number of carbonyl (C=O) groups is 1. The Bertz CT molecular complexity index is 852. The highest BCUT2D eigenvalue weighted by Gasteiger charge is 2.36. The molecule has 0 bridgehead atoms. The van der Waals surface area contributed by atoms with Crippen LogP contribution in [0.2, 0.25) is 0 Å². The summed E-state index contributed by atoms with van der Waals surface area (Å²) in [6, 6.07) is 10.9. The minimum absolute atomic E-state index is 0.0844. The summed E-state index contributed by atoms with van der Waals surface area (Å²) < 4.78 is 45.2. The molecule has 0 radical (unpaired) electrons. The van der Waals surface area contributed by atoms with Crippen LogP contribution in [0.25, 0.3) is 0 Å². The molecule has 1 heterocycles. The molecule has 0 unspecified atom stereocenters. The average Bonchev–Trinajstić information content (AvgIpc) is 2.54. The summed E-state index contributed by atoms with van der Waals surface area (Å²) in [7, 11) is -3.98. The molecule has 1 amide bonds. The second kappa shape index (κ2) is 5.54. The lowest BCUT2D eigenvalue weighted by atomic mass is 10.2. The largest absolute Gasteiger partial charge is 0.476 e. The minimum Gasteiger partial charge on any atom is -0.476 e. The molecule has 8 heteroatoms. The van der Waals surface area contributed by atoms with Crippen molar-refractivity contribution in [2.24, 2.45) is 5.73 Å². The Morgan fingerprint density at radius 3 is 2.48 bits per heavy atom. The van der Waals surface area contributed by atoms with Crippen molar-refractivity contribution in [2.45, 2.75) is 11.0 Å². The molecule has 0 saturated carbocycles. The number of hydrogen-bond donors (Lipinski definition) is 1. The number of hydrogen-bond acceptors (Lipinski definition) is 4. The van der Waals surface area contributed by atoms with Crippen LogP contribution in [0.1, 0.15) is 0 Å². The Kier molecular flexibility index (Phi) is 3.69. The first kappa shape index (κ1) is 15.3. The molecule has 2 aromatic carbocycles.